The topological polar surface area (TPSA) is 95.5 Å². The van der Waals surface area contributed by atoms with E-state index in [-0.39, 0.29) is 23.3 Å². The molecule has 2 fully saturated rings. The minimum Gasteiger partial charge on any atom is -0.406 e. The minimum absolute atomic E-state index is 0.0299. The van der Waals surface area contributed by atoms with E-state index >= 15 is 0 Å². The minimum atomic E-state index is -4.82. The number of thiophene rings is 1. The number of aliphatic hydroxyl groups is 1. The van der Waals surface area contributed by atoms with Crippen LogP contribution in [0, 0.1) is 0 Å². The van der Waals surface area contributed by atoms with E-state index in [0.29, 0.717) is 59.1 Å². The van der Waals surface area contributed by atoms with E-state index in [1.165, 1.54) is 65.6 Å². The van der Waals surface area contributed by atoms with Gasteiger partial charge >= 0.3 is 6.36 Å². The zero-order valence-electron chi connectivity index (χ0n) is 25.8. The number of carbonyl (C=O) groups is 1. The number of H-pyrrole nitrogens is 1. The third kappa shape index (κ3) is 6.60. The molecular weight excluding hydrogens is 627 g/mol. The van der Waals surface area contributed by atoms with Crippen LogP contribution >= 0.6 is 11.3 Å². The van der Waals surface area contributed by atoms with E-state index in [0.717, 1.165) is 12.8 Å². The summed E-state index contributed by atoms with van der Waals surface area (Å²) in [4.78, 5) is 38.0. The summed E-state index contributed by atoms with van der Waals surface area (Å²) < 4.78 is 42.3. The van der Waals surface area contributed by atoms with Gasteiger partial charge in [0.2, 0.25) is 0 Å². The number of hydrogen-bond acceptors (Lipinski definition) is 6. The Morgan fingerprint density at radius 1 is 1.04 bits per heavy atom. The molecule has 3 heterocycles. The molecule has 1 amide bonds. The summed E-state index contributed by atoms with van der Waals surface area (Å²) in [5.74, 6) is 0.406. The van der Waals surface area contributed by atoms with Gasteiger partial charge in [0.25, 0.3) is 11.5 Å². The molecule has 0 radical (unpaired) electrons. The molecule has 47 heavy (non-hydrogen) atoms. The molecule has 2 aliphatic carbocycles. The molecule has 1 unspecified atom stereocenters. The van der Waals surface area contributed by atoms with Gasteiger partial charge in [-0.15, -0.1) is 24.5 Å². The van der Waals surface area contributed by atoms with E-state index in [1.807, 2.05) is 0 Å². The summed E-state index contributed by atoms with van der Waals surface area (Å²) in [5.41, 5.74) is 3.29. The normalized spacial score (nSPS) is 18.7. The maximum Gasteiger partial charge on any atom is 0.573 e. The van der Waals surface area contributed by atoms with Crippen LogP contribution in [0.4, 0.5) is 13.2 Å². The summed E-state index contributed by atoms with van der Waals surface area (Å²) in [7, 11) is 0. The van der Waals surface area contributed by atoms with Crippen LogP contribution in [0.15, 0.2) is 64.8 Å². The highest BCUT2D eigenvalue weighted by Crippen LogP contribution is 2.54. The summed E-state index contributed by atoms with van der Waals surface area (Å²) in [6.45, 7) is 0.376. The number of aromatic nitrogens is 2. The van der Waals surface area contributed by atoms with Crippen LogP contribution in [0.3, 0.4) is 0 Å². The number of hydrogen-bond donors (Lipinski definition) is 2. The lowest BCUT2D eigenvalue weighted by molar-refractivity contribution is -0.274. The van der Waals surface area contributed by atoms with Gasteiger partial charge in [0.1, 0.15) is 11.6 Å². The second kappa shape index (κ2) is 12.6. The zero-order valence-corrected chi connectivity index (χ0v) is 26.6. The fourth-order valence-electron chi connectivity index (χ4n) is 7.09. The van der Waals surface area contributed by atoms with Crippen molar-refractivity contribution in [2.45, 2.75) is 88.1 Å². The Balaban J connectivity index is 1.08. The average Bonchev–Trinajstić information content (AvgIpc) is 3.78. The van der Waals surface area contributed by atoms with Crippen molar-refractivity contribution in [3.05, 3.63) is 103 Å². The largest absolute Gasteiger partial charge is 0.573 e. The Bertz CT molecular complexity index is 1840. The molecule has 1 aliphatic heterocycles. The summed E-state index contributed by atoms with van der Waals surface area (Å²) in [6.07, 6.45) is 3.02. The van der Waals surface area contributed by atoms with Crippen LogP contribution in [0.25, 0.3) is 11.1 Å². The lowest BCUT2D eigenvalue weighted by Gasteiger charge is -2.24. The maximum atomic E-state index is 13.6. The molecular formula is C36H36F3N3O4S. The molecule has 7 nitrogen and oxygen atoms in total. The standard InChI is InChI=1S/C36H36F3N3O4S/c37-36(38,39)46-27-12-5-10-24(18-27)23-9-4-11-25(17-23)31(43)33(45)42-16-6-13-29-28(20-42)32(44)41-34(40-29)35(14-15-35)30-19-26(21-47-30)22-7-2-1-3-8-22/h4-5,9-12,17-19,21-22,31,43H,1-3,6-8,13-16,20H2,(H,40,41,44). The van der Waals surface area contributed by atoms with Crippen LogP contribution < -0.4 is 10.3 Å². The Morgan fingerprint density at radius 3 is 2.53 bits per heavy atom. The number of aryl methyl sites for hydroxylation is 1. The molecule has 2 aromatic carbocycles. The lowest BCUT2D eigenvalue weighted by Crippen LogP contribution is -2.36. The van der Waals surface area contributed by atoms with Gasteiger partial charge < -0.3 is 19.7 Å². The highest BCUT2D eigenvalue weighted by Gasteiger charge is 2.50. The second-order valence-electron chi connectivity index (χ2n) is 13.0. The van der Waals surface area contributed by atoms with Gasteiger partial charge in [-0.2, -0.15) is 0 Å². The molecule has 0 saturated heterocycles. The number of nitrogens with zero attached hydrogens (tertiary/aromatic N) is 2. The summed E-state index contributed by atoms with van der Waals surface area (Å²) >= 11 is 1.77. The highest BCUT2D eigenvalue weighted by molar-refractivity contribution is 7.10. The van der Waals surface area contributed by atoms with Crippen molar-refractivity contribution in [3.8, 4) is 16.9 Å². The molecule has 11 heteroatoms. The molecule has 2 aromatic heterocycles. The Kier molecular flexibility index (Phi) is 8.46. The first-order valence-corrected chi connectivity index (χ1v) is 17.1. The molecule has 1 atom stereocenters. The average molecular weight is 664 g/mol. The Labute approximate surface area is 274 Å². The first-order chi connectivity index (χ1) is 22.6. The third-order valence-corrected chi connectivity index (χ3v) is 11.0. The SMILES string of the molecule is O=C(C(O)c1cccc(-c2cccc(OC(F)(F)F)c2)c1)N1CCCc2nc(C3(c4cc(C5CCCCC5)cs4)CC3)[nH]c(=O)c2C1. The van der Waals surface area contributed by atoms with Crippen molar-refractivity contribution < 1.29 is 27.8 Å². The van der Waals surface area contributed by atoms with Crippen LogP contribution in [0.1, 0.15) is 96.5 Å². The number of halogens is 3. The number of ether oxygens (including phenoxy) is 1. The van der Waals surface area contributed by atoms with E-state index in [1.54, 1.807) is 41.7 Å². The molecule has 0 bridgehead atoms. The number of rotatable bonds is 7. The van der Waals surface area contributed by atoms with Crippen molar-refractivity contribution in [2.24, 2.45) is 0 Å². The molecule has 0 spiro atoms. The predicted octanol–water partition coefficient (Wildman–Crippen LogP) is 7.53. The van der Waals surface area contributed by atoms with Crippen molar-refractivity contribution in [2.75, 3.05) is 6.54 Å². The van der Waals surface area contributed by atoms with Gasteiger partial charge in [0, 0.05) is 11.4 Å². The first kappa shape index (κ1) is 31.6. The van der Waals surface area contributed by atoms with Crippen LogP contribution in [0.2, 0.25) is 0 Å². The number of amides is 1. The van der Waals surface area contributed by atoms with E-state index in [2.05, 4.69) is 21.2 Å². The number of nitrogens with one attached hydrogen (secondary N) is 1. The van der Waals surface area contributed by atoms with Crippen molar-refractivity contribution in [3.63, 3.8) is 0 Å². The first-order valence-electron chi connectivity index (χ1n) is 16.2. The second-order valence-corrected chi connectivity index (χ2v) is 13.9. The third-order valence-electron chi connectivity index (χ3n) is 9.81. The monoisotopic (exact) mass is 663 g/mol. The van der Waals surface area contributed by atoms with Gasteiger partial charge in [-0.05, 0) is 96.3 Å². The molecule has 3 aliphatic rings. The van der Waals surface area contributed by atoms with E-state index in [4.69, 9.17) is 4.98 Å². The maximum absolute atomic E-state index is 13.6. The smallest absolute Gasteiger partial charge is 0.406 e. The number of carbonyl (C=O) groups excluding carboxylic acids is 1. The number of aliphatic hydroxyl groups excluding tert-OH is 1. The van der Waals surface area contributed by atoms with Crippen LogP contribution in [-0.4, -0.2) is 38.8 Å². The van der Waals surface area contributed by atoms with Crippen molar-refractivity contribution in [1.29, 1.82) is 0 Å². The van der Waals surface area contributed by atoms with E-state index in [9.17, 15) is 27.9 Å². The Hall–Kier alpha value is -3.96. The fourth-order valence-corrected chi connectivity index (χ4v) is 8.34. The Morgan fingerprint density at radius 2 is 1.79 bits per heavy atom. The predicted molar refractivity (Wildman–Crippen MR) is 172 cm³/mol. The number of aromatic amines is 1. The van der Waals surface area contributed by atoms with Gasteiger partial charge in [-0.1, -0.05) is 49.6 Å². The van der Waals surface area contributed by atoms with Gasteiger partial charge in [0.15, 0.2) is 6.10 Å². The molecule has 2 N–H and O–H groups in total. The molecule has 2 saturated carbocycles. The van der Waals surface area contributed by atoms with Crippen LogP contribution in [0.5, 0.6) is 5.75 Å². The molecule has 4 aromatic rings. The number of alkyl halides is 3. The van der Waals surface area contributed by atoms with Crippen molar-refractivity contribution >= 4 is 17.2 Å². The van der Waals surface area contributed by atoms with Gasteiger partial charge in [-0.3, -0.25) is 9.59 Å². The quantitative estimate of drug-likeness (QED) is 0.213. The van der Waals surface area contributed by atoms with Crippen LogP contribution in [-0.2, 0) is 23.2 Å². The fraction of sp³-hybridized carbons (Fsp3) is 0.417. The molecule has 7 rings (SSSR count). The number of benzene rings is 2. The summed E-state index contributed by atoms with van der Waals surface area (Å²) in [5, 5.41) is 13.4. The van der Waals surface area contributed by atoms with E-state index < -0.39 is 18.4 Å². The zero-order chi connectivity index (χ0) is 32.8. The lowest BCUT2D eigenvalue weighted by atomic mass is 9.85. The van der Waals surface area contributed by atoms with Crippen molar-refractivity contribution in [1.82, 2.24) is 14.9 Å². The van der Waals surface area contributed by atoms with Gasteiger partial charge in [0.05, 0.1) is 23.2 Å². The highest BCUT2D eigenvalue weighted by atomic mass is 32.1. The summed E-state index contributed by atoms with van der Waals surface area (Å²) in [6, 6.07) is 14.3. The number of fused-ring (bicyclic) bond motifs is 1. The molecule has 246 valence electrons. The van der Waals surface area contributed by atoms with Gasteiger partial charge in [-0.25, -0.2) is 4.98 Å².